The molecular weight excluding hydrogens is 222 g/mol. The van der Waals surface area contributed by atoms with Gasteiger partial charge in [0.25, 0.3) is 0 Å². The minimum absolute atomic E-state index is 0.267. The van der Waals surface area contributed by atoms with Gasteiger partial charge in [0, 0.05) is 24.6 Å². The Bertz CT molecular complexity index is 407. The number of carbonyl (C=O) groups excluding carboxylic acids is 1. The molecule has 0 saturated heterocycles. The molecule has 0 aliphatic heterocycles. The molecule has 18 heavy (non-hydrogen) atoms. The third-order valence-corrected chi connectivity index (χ3v) is 3.98. The first-order valence-electron chi connectivity index (χ1n) is 6.97. The van der Waals surface area contributed by atoms with E-state index < -0.39 is 0 Å². The van der Waals surface area contributed by atoms with Gasteiger partial charge in [0.15, 0.2) is 5.78 Å². The Morgan fingerprint density at radius 2 is 2.06 bits per heavy atom. The molecule has 0 atom stereocenters. The predicted octanol–water partition coefficient (Wildman–Crippen LogP) is 3.44. The predicted molar refractivity (Wildman–Crippen MR) is 75.0 cm³/mol. The summed E-state index contributed by atoms with van der Waals surface area (Å²) in [6, 6.07) is 8.60. The SMILES string of the molecule is Cc1cccc(C(=O)CCN(C)C2CCCC2)c1. The molecule has 0 aromatic heterocycles. The van der Waals surface area contributed by atoms with Gasteiger partial charge in [-0.05, 0) is 32.9 Å². The van der Waals surface area contributed by atoms with Crippen LogP contribution in [-0.4, -0.2) is 30.3 Å². The summed E-state index contributed by atoms with van der Waals surface area (Å²) in [7, 11) is 2.15. The molecule has 0 unspecified atom stereocenters. The average Bonchev–Trinajstić information content (AvgIpc) is 2.89. The minimum Gasteiger partial charge on any atom is -0.303 e. The highest BCUT2D eigenvalue weighted by atomic mass is 16.1. The molecule has 0 amide bonds. The number of nitrogens with zero attached hydrogens (tertiary/aromatic N) is 1. The third-order valence-electron chi connectivity index (χ3n) is 3.98. The fourth-order valence-electron chi connectivity index (χ4n) is 2.77. The molecule has 1 saturated carbocycles. The smallest absolute Gasteiger partial charge is 0.164 e. The van der Waals surface area contributed by atoms with Gasteiger partial charge in [-0.15, -0.1) is 0 Å². The van der Waals surface area contributed by atoms with Crippen LogP contribution in [0.15, 0.2) is 24.3 Å². The second-order valence-corrected chi connectivity index (χ2v) is 5.46. The van der Waals surface area contributed by atoms with E-state index in [1.165, 1.54) is 25.7 Å². The number of hydrogen-bond acceptors (Lipinski definition) is 2. The maximum atomic E-state index is 12.1. The van der Waals surface area contributed by atoms with E-state index in [-0.39, 0.29) is 5.78 Å². The molecule has 2 rings (SSSR count). The first-order valence-corrected chi connectivity index (χ1v) is 6.97. The van der Waals surface area contributed by atoms with Gasteiger partial charge in [-0.25, -0.2) is 0 Å². The van der Waals surface area contributed by atoms with Crippen LogP contribution in [0, 0.1) is 6.92 Å². The third kappa shape index (κ3) is 3.42. The minimum atomic E-state index is 0.267. The molecule has 2 nitrogen and oxygen atoms in total. The van der Waals surface area contributed by atoms with Crippen molar-refractivity contribution in [2.75, 3.05) is 13.6 Å². The molecule has 0 bridgehead atoms. The summed E-state index contributed by atoms with van der Waals surface area (Å²) < 4.78 is 0. The fourth-order valence-corrected chi connectivity index (χ4v) is 2.77. The van der Waals surface area contributed by atoms with Crippen LogP contribution in [0.1, 0.15) is 48.0 Å². The summed E-state index contributed by atoms with van der Waals surface area (Å²) in [6.45, 7) is 2.92. The second kappa shape index (κ2) is 6.14. The van der Waals surface area contributed by atoms with Crippen LogP contribution < -0.4 is 0 Å². The quantitative estimate of drug-likeness (QED) is 0.741. The van der Waals surface area contributed by atoms with Gasteiger partial charge in [0.1, 0.15) is 0 Å². The molecule has 2 heteroatoms. The Morgan fingerprint density at radius 1 is 1.33 bits per heavy atom. The molecule has 1 aliphatic carbocycles. The highest BCUT2D eigenvalue weighted by molar-refractivity contribution is 5.96. The summed E-state index contributed by atoms with van der Waals surface area (Å²) in [4.78, 5) is 14.5. The van der Waals surface area contributed by atoms with Crippen LogP contribution in [-0.2, 0) is 0 Å². The maximum absolute atomic E-state index is 12.1. The average molecular weight is 245 g/mol. The van der Waals surface area contributed by atoms with E-state index in [9.17, 15) is 4.79 Å². The van der Waals surface area contributed by atoms with Gasteiger partial charge in [0.05, 0.1) is 0 Å². The lowest BCUT2D eigenvalue weighted by Crippen LogP contribution is -2.31. The Kier molecular flexibility index (Phi) is 4.54. The molecule has 1 fully saturated rings. The number of carbonyl (C=O) groups is 1. The Labute approximate surface area is 110 Å². The van der Waals surface area contributed by atoms with E-state index in [2.05, 4.69) is 11.9 Å². The second-order valence-electron chi connectivity index (χ2n) is 5.46. The number of benzene rings is 1. The van der Waals surface area contributed by atoms with Crippen molar-refractivity contribution in [1.29, 1.82) is 0 Å². The lowest BCUT2D eigenvalue weighted by molar-refractivity contribution is 0.0960. The molecule has 1 aromatic rings. The zero-order chi connectivity index (χ0) is 13.0. The first-order chi connectivity index (χ1) is 8.66. The molecular formula is C16H23NO. The van der Waals surface area contributed by atoms with E-state index in [1.807, 2.05) is 31.2 Å². The zero-order valence-electron chi connectivity index (χ0n) is 11.5. The summed E-state index contributed by atoms with van der Waals surface area (Å²) in [5.41, 5.74) is 2.01. The summed E-state index contributed by atoms with van der Waals surface area (Å²) in [5, 5.41) is 0. The van der Waals surface area contributed by atoms with Crippen molar-refractivity contribution in [1.82, 2.24) is 4.90 Å². The molecule has 0 spiro atoms. The Balaban J connectivity index is 1.84. The summed E-state index contributed by atoms with van der Waals surface area (Å²) in [5.74, 6) is 0.267. The zero-order valence-corrected chi connectivity index (χ0v) is 11.5. The van der Waals surface area contributed by atoms with Crippen LogP contribution in [0.5, 0.6) is 0 Å². The first kappa shape index (κ1) is 13.3. The normalized spacial score (nSPS) is 16.4. The van der Waals surface area contributed by atoms with Crippen molar-refractivity contribution < 1.29 is 4.79 Å². The summed E-state index contributed by atoms with van der Waals surface area (Å²) in [6.07, 6.45) is 5.93. The van der Waals surface area contributed by atoms with Crippen molar-refractivity contribution >= 4 is 5.78 Å². The van der Waals surface area contributed by atoms with Crippen molar-refractivity contribution in [2.24, 2.45) is 0 Å². The molecule has 0 heterocycles. The van der Waals surface area contributed by atoms with Crippen LogP contribution in [0.4, 0.5) is 0 Å². The van der Waals surface area contributed by atoms with E-state index in [0.29, 0.717) is 12.5 Å². The Morgan fingerprint density at radius 3 is 2.72 bits per heavy atom. The number of aryl methyl sites for hydroxylation is 1. The molecule has 1 aliphatic rings. The maximum Gasteiger partial charge on any atom is 0.164 e. The van der Waals surface area contributed by atoms with Gasteiger partial charge >= 0.3 is 0 Å². The fraction of sp³-hybridized carbons (Fsp3) is 0.562. The van der Waals surface area contributed by atoms with Crippen molar-refractivity contribution in [3.05, 3.63) is 35.4 Å². The van der Waals surface area contributed by atoms with Crippen LogP contribution in [0.2, 0.25) is 0 Å². The summed E-state index contributed by atoms with van der Waals surface area (Å²) >= 11 is 0. The topological polar surface area (TPSA) is 20.3 Å². The van der Waals surface area contributed by atoms with Gasteiger partial charge in [-0.1, -0.05) is 36.6 Å². The van der Waals surface area contributed by atoms with Crippen molar-refractivity contribution in [2.45, 2.75) is 45.1 Å². The van der Waals surface area contributed by atoms with Crippen molar-refractivity contribution in [3.8, 4) is 0 Å². The molecule has 1 aromatic carbocycles. The van der Waals surface area contributed by atoms with Crippen molar-refractivity contribution in [3.63, 3.8) is 0 Å². The highest BCUT2D eigenvalue weighted by Gasteiger charge is 2.19. The molecule has 0 radical (unpaired) electrons. The Hall–Kier alpha value is -1.15. The van der Waals surface area contributed by atoms with Crippen LogP contribution in [0.25, 0.3) is 0 Å². The van der Waals surface area contributed by atoms with Gasteiger partial charge in [0.2, 0.25) is 0 Å². The van der Waals surface area contributed by atoms with Gasteiger partial charge in [-0.2, -0.15) is 0 Å². The monoisotopic (exact) mass is 245 g/mol. The number of ketones is 1. The van der Waals surface area contributed by atoms with E-state index in [0.717, 1.165) is 17.7 Å². The van der Waals surface area contributed by atoms with Gasteiger partial charge < -0.3 is 4.90 Å². The van der Waals surface area contributed by atoms with Crippen LogP contribution in [0.3, 0.4) is 0 Å². The van der Waals surface area contributed by atoms with Gasteiger partial charge in [-0.3, -0.25) is 4.79 Å². The molecule has 0 N–H and O–H groups in total. The lowest BCUT2D eigenvalue weighted by Gasteiger charge is -2.23. The largest absolute Gasteiger partial charge is 0.303 e. The van der Waals surface area contributed by atoms with E-state index >= 15 is 0 Å². The number of Topliss-reactive ketones (excluding diaryl/α,β-unsaturated/α-hetero) is 1. The van der Waals surface area contributed by atoms with E-state index in [4.69, 9.17) is 0 Å². The standard InChI is InChI=1S/C16H23NO/c1-13-6-5-7-14(12-13)16(18)10-11-17(2)15-8-3-4-9-15/h5-7,12,15H,3-4,8-11H2,1-2H3. The molecule has 98 valence electrons. The lowest BCUT2D eigenvalue weighted by atomic mass is 10.1. The number of hydrogen-bond donors (Lipinski definition) is 0. The van der Waals surface area contributed by atoms with E-state index in [1.54, 1.807) is 0 Å². The van der Waals surface area contributed by atoms with Crippen LogP contribution >= 0.6 is 0 Å². The highest BCUT2D eigenvalue weighted by Crippen LogP contribution is 2.22. The number of rotatable bonds is 5.